The predicted molar refractivity (Wildman–Crippen MR) is 124 cm³/mol. The summed E-state index contributed by atoms with van der Waals surface area (Å²) in [6.07, 6.45) is 0. The van der Waals surface area contributed by atoms with Crippen molar-refractivity contribution in [2.75, 3.05) is 10.6 Å². The number of nitrogens with one attached hydrogen (secondary N) is 2. The van der Waals surface area contributed by atoms with Crippen molar-refractivity contribution in [2.24, 2.45) is 0 Å². The molecule has 0 aliphatic rings. The molecule has 6 nitrogen and oxygen atoms in total. The summed E-state index contributed by atoms with van der Waals surface area (Å²) in [6.45, 7) is 4.58. The highest BCUT2D eigenvalue weighted by Crippen LogP contribution is 2.19. The molecule has 2 aromatic heterocycles. The Labute approximate surface area is 184 Å². The van der Waals surface area contributed by atoms with E-state index in [1.807, 2.05) is 54.2 Å². The number of aryl methyl sites for hydroxylation is 2. The molecular formula is C24H22N4O2S. The van der Waals surface area contributed by atoms with Crippen LogP contribution < -0.4 is 10.6 Å². The van der Waals surface area contributed by atoms with Crippen LogP contribution in [0.2, 0.25) is 0 Å². The minimum atomic E-state index is -0.211. The van der Waals surface area contributed by atoms with Gasteiger partial charge in [-0.05, 0) is 67.3 Å². The maximum absolute atomic E-state index is 12.8. The van der Waals surface area contributed by atoms with Crippen LogP contribution in [0, 0.1) is 13.8 Å². The lowest BCUT2D eigenvalue weighted by Gasteiger charge is -2.10. The van der Waals surface area contributed by atoms with Crippen molar-refractivity contribution < 1.29 is 9.59 Å². The van der Waals surface area contributed by atoms with Crippen LogP contribution in [0.25, 0.3) is 0 Å². The first-order valence-corrected chi connectivity index (χ1v) is 10.7. The lowest BCUT2D eigenvalue weighted by molar-refractivity contribution is 0.102. The van der Waals surface area contributed by atoms with Crippen molar-refractivity contribution in [3.63, 3.8) is 0 Å². The largest absolute Gasteiger partial charge is 0.322 e. The normalized spacial score (nSPS) is 10.6. The second-order valence-electron chi connectivity index (χ2n) is 7.25. The maximum atomic E-state index is 12.8. The number of thiophene rings is 1. The topological polar surface area (TPSA) is 76.0 Å². The van der Waals surface area contributed by atoms with Crippen molar-refractivity contribution in [3.05, 3.63) is 99.5 Å². The van der Waals surface area contributed by atoms with Crippen LogP contribution in [0.4, 0.5) is 11.4 Å². The molecule has 0 aliphatic carbocycles. The molecule has 2 amide bonds. The molecule has 2 aromatic carbocycles. The molecule has 31 heavy (non-hydrogen) atoms. The Morgan fingerprint density at radius 1 is 0.903 bits per heavy atom. The van der Waals surface area contributed by atoms with E-state index in [4.69, 9.17) is 0 Å². The molecule has 4 rings (SSSR count). The number of carbonyl (C=O) groups is 2. The number of benzene rings is 2. The van der Waals surface area contributed by atoms with Gasteiger partial charge in [-0.1, -0.05) is 24.3 Å². The quantitative estimate of drug-likeness (QED) is 0.446. The van der Waals surface area contributed by atoms with Crippen LogP contribution in [0.5, 0.6) is 0 Å². The standard InChI is InChI=1S/C24H22N4O2S/c1-16-12-17(2)28(27-16)15-18-6-3-7-19(13-18)23(29)25-20-8-4-9-21(14-20)26-24(30)22-10-5-11-31-22/h3-14H,15H2,1-2H3,(H,25,29)(H,26,30). The fraction of sp³-hybridized carbons (Fsp3) is 0.125. The Morgan fingerprint density at radius 3 is 2.32 bits per heavy atom. The Kier molecular flexibility index (Phi) is 5.95. The van der Waals surface area contributed by atoms with Gasteiger partial charge in [0.15, 0.2) is 0 Å². The molecule has 7 heteroatoms. The van der Waals surface area contributed by atoms with Crippen LogP contribution in [-0.4, -0.2) is 21.6 Å². The summed E-state index contributed by atoms with van der Waals surface area (Å²) >= 11 is 1.38. The minimum absolute atomic E-state index is 0.171. The molecule has 0 aliphatic heterocycles. The summed E-state index contributed by atoms with van der Waals surface area (Å²) in [6, 6.07) is 20.2. The van der Waals surface area contributed by atoms with Crippen LogP contribution in [0.1, 0.15) is 37.0 Å². The molecule has 2 heterocycles. The van der Waals surface area contributed by atoms with E-state index in [1.54, 1.807) is 36.4 Å². The zero-order valence-electron chi connectivity index (χ0n) is 17.3. The number of carbonyl (C=O) groups excluding carboxylic acids is 2. The third-order valence-corrected chi connectivity index (χ3v) is 5.62. The van der Waals surface area contributed by atoms with Gasteiger partial charge >= 0.3 is 0 Å². The van der Waals surface area contributed by atoms with Gasteiger partial charge in [0.1, 0.15) is 0 Å². The maximum Gasteiger partial charge on any atom is 0.265 e. The third-order valence-electron chi connectivity index (χ3n) is 4.75. The van der Waals surface area contributed by atoms with Crippen molar-refractivity contribution in [3.8, 4) is 0 Å². The first kappa shape index (κ1) is 20.6. The predicted octanol–water partition coefficient (Wildman–Crippen LogP) is 5.11. The first-order valence-electron chi connectivity index (χ1n) is 9.84. The van der Waals surface area contributed by atoms with Gasteiger partial charge < -0.3 is 10.6 Å². The van der Waals surface area contributed by atoms with Gasteiger partial charge in [0.05, 0.1) is 17.1 Å². The number of hydrogen-bond donors (Lipinski definition) is 2. The smallest absolute Gasteiger partial charge is 0.265 e. The summed E-state index contributed by atoms with van der Waals surface area (Å²) in [5.41, 5.74) is 4.83. The van der Waals surface area contributed by atoms with E-state index in [9.17, 15) is 9.59 Å². The Balaban J connectivity index is 1.45. The number of aromatic nitrogens is 2. The van der Waals surface area contributed by atoms with Crippen molar-refractivity contribution in [2.45, 2.75) is 20.4 Å². The molecule has 0 spiro atoms. The van der Waals surface area contributed by atoms with E-state index >= 15 is 0 Å². The summed E-state index contributed by atoms with van der Waals surface area (Å²) in [4.78, 5) is 25.7. The average Bonchev–Trinajstić information content (AvgIpc) is 3.38. The Morgan fingerprint density at radius 2 is 1.65 bits per heavy atom. The molecule has 0 saturated heterocycles. The van der Waals surface area contributed by atoms with Gasteiger partial charge in [0.2, 0.25) is 0 Å². The van der Waals surface area contributed by atoms with Crippen molar-refractivity contribution >= 4 is 34.5 Å². The van der Waals surface area contributed by atoms with E-state index in [-0.39, 0.29) is 11.8 Å². The van der Waals surface area contributed by atoms with Gasteiger partial charge in [-0.2, -0.15) is 5.10 Å². The van der Waals surface area contributed by atoms with E-state index < -0.39 is 0 Å². The molecule has 0 fully saturated rings. The summed E-state index contributed by atoms with van der Waals surface area (Å²) in [5.74, 6) is -0.382. The minimum Gasteiger partial charge on any atom is -0.322 e. The average molecular weight is 431 g/mol. The second-order valence-corrected chi connectivity index (χ2v) is 8.20. The highest BCUT2D eigenvalue weighted by atomic mass is 32.1. The van der Waals surface area contributed by atoms with E-state index in [2.05, 4.69) is 15.7 Å². The first-order chi connectivity index (χ1) is 15.0. The third kappa shape index (κ3) is 5.07. The molecule has 0 bridgehead atoms. The molecule has 2 N–H and O–H groups in total. The molecule has 156 valence electrons. The van der Waals surface area contributed by atoms with Crippen LogP contribution >= 0.6 is 11.3 Å². The number of amides is 2. The van der Waals surface area contributed by atoms with Gasteiger partial charge in [-0.3, -0.25) is 14.3 Å². The molecule has 0 saturated carbocycles. The second kappa shape index (κ2) is 8.97. The van der Waals surface area contributed by atoms with Gasteiger partial charge in [0.25, 0.3) is 11.8 Å². The zero-order valence-corrected chi connectivity index (χ0v) is 18.1. The van der Waals surface area contributed by atoms with Crippen LogP contribution in [0.15, 0.2) is 72.1 Å². The Hall–Kier alpha value is -3.71. The Bertz CT molecular complexity index is 1230. The summed E-state index contributed by atoms with van der Waals surface area (Å²) in [7, 11) is 0. The summed E-state index contributed by atoms with van der Waals surface area (Å²) in [5, 5.41) is 12.1. The highest BCUT2D eigenvalue weighted by molar-refractivity contribution is 7.12. The monoisotopic (exact) mass is 430 g/mol. The highest BCUT2D eigenvalue weighted by Gasteiger charge is 2.10. The molecular weight excluding hydrogens is 408 g/mol. The fourth-order valence-corrected chi connectivity index (χ4v) is 3.92. The zero-order chi connectivity index (χ0) is 21.8. The summed E-state index contributed by atoms with van der Waals surface area (Å²) < 4.78 is 1.92. The van der Waals surface area contributed by atoms with Gasteiger partial charge in [-0.25, -0.2) is 0 Å². The fourth-order valence-electron chi connectivity index (χ4n) is 3.30. The number of rotatable bonds is 6. The number of hydrogen-bond acceptors (Lipinski definition) is 4. The van der Waals surface area contributed by atoms with Crippen molar-refractivity contribution in [1.82, 2.24) is 9.78 Å². The molecule has 0 unspecified atom stereocenters. The molecule has 0 atom stereocenters. The van der Waals surface area contributed by atoms with Gasteiger partial charge in [0, 0.05) is 22.6 Å². The number of anilines is 2. The lowest BCUT2D eigenvalue weighted by Crippen LogP contribution is -2.14. The van der Waals surface area contributed by atoms with Crippen LogP contribution in [-0.2, 0) is 6.54 Å². The lowest BCUT2D eigenvalue weighted by atomic mass is 10.1. The van der Waals surface area contributed by atoms with Crippen LogP contribution in [0.3, 0.4) is 0 Å². The van der Waals surface area contributed by atoms with Gasteiger partial charge in [-0.15, -0.1) is 11.3 Å². The van der Waals surface area contributed by atoms with E-state index in [0.29, 0.717) is 28.4 Å². The van der Waals surface area contributed by atoms with E-state index in [0.717, 1.165) is 17.0 Å². The number of nitrogens with zero attached hydrogens (tertiary/aromatic N) is 2. The SMILES string of the molecule is Cc1cc(C)n(Cc2cccc(C(=O)Nc3cccc(NC(=O)c4cccs4)c3)c2)n1. The van der Waals surface area contributed by atoms with E-state index in [1.165, 1.54) is 11.3 Å². The molecule has 0 radical (unpaired) electrons. The molecule has 4 aromatic rings. The van der Waals surface area contributed by atoms with Crippen molar-refractivity contribution in [1.29, 1.82) is 0 Å².